The zero-order chi connectivity index (χ0) is 19.0. The molecule has 0 aromatic heterocycles. The molecule has 0 heterocycles. The first-order chi connectivity index (χ1) is 12.9. The molecule has 0 aliphatic heterocycles. The Kier molecular flexibility index (Phi) is 4.95. The van der Waals surface area contributed by atoms with Crippen LogP contribution < -0.4 is 10.6 Å². The Morgan fingerprint density at radius 2 is 1.63 bits per heavy atom. The van der Waals surface area contributed by atoms with Crippen molar-refractivity contribution in [3.8, 4) is 0 Å². The van der Waals surface area contributed by atoms with Crippen LogP contribution in [0.15, 0.2) is 24.3 Å². The lowest BCUT2D eigenvalue weighted by Crippen LogP contribution is -2.56. The van der Waals surface area contributed by atoms with Crippen LogP contribution >= 0.6 is 0 Å². The minimum Gasteiger partial charge on any atom is -0.354 e. The third-order valence-corrected chi connectivity index (χ3v) is 6.89. The highest BCUT2D eigenvalue weighted by Crippen LogP contribution is 2.60. The number of hydrogen-bond acceptors (Lipinski definition) is 2. The predicted molar refractivity (Wildman–Crippen MR) is 101 cm³/mol. The van der Waals surface area contributed by atoms with Gasteiger partial charge in [0.15, 0.2) is 0 Å². The van der Waals surface area contributed by atoms with Crippen molar-refractivity contribution in [2.75, 3.05) is 6.54 Å². The quantitative estimate of drug-likeness (QED) is 0.806. The fourth-order valence-electron chi connectivity index (χ4n) is 5.94. The maximum atomic E-state index is 13.0. The van der Waals surface area contributed by atoms with Gasteiger partial charge >= 0.3 is 0 Å². The highest BCUT2D eigenvalue weighted by Gasteiger charge is 2.54. The first-order valence-corrected chi connectivity index (χ1v) is 10.3. The summed E-state index contributed by atoms with van der Waals surface area (Å²) in [4.78, 5) is 25.4. The van der Waals surface area contributed by atoms with E-state index in [1.54, 1.807) is 19.1 Å². The van der Waals surface area contributed by atoms with E-state index >= 15 is 0 Å². The second-order valence-corrected chi connectivity index (χ2v) is 9.06. The molecule has 2 amide bonds. The summed E-state index contributed by atoms with van der Waals surface area (Å²) in [5, 5.41) is 5.87. The summed E-state index contributed by atoms with van der Waals surface area (Å²) in [6.07, 6.45) is 7.54. The van der Waals surface area contributed by atoms with Crippen LogP contribution in [0.1, 0.15) is 51.0 Å². The Morgan fingerprint density at radius 3 is 2.19 bits per heavy atom. The number of amides is 2. The fourth-order valence-corrected chi connectivity index (χ4v) is 5.94. The molecule has 0 radical (unpaired) electrons. The van der Waals surface area contributed by atoms with Crippen molar-refractivity contribution < 1.29 is 14.0 Å². The van der Waals surface area contributed by atoms with Gasteiger partial charge in [-0.05, 0) is 87.3 Å². The average Bonchev–Trinajstić information content (AvgIpc) is 2.62. The van der Waals surface area contributed by atoms with Gasteiger partial charge in [0.1, 0.15) is 11.9 Å². The molecule has 0 spiro atoms. The molecule has 1 aromatic rings. The van der Waals surface area contributed by atoms with E-state index in [9.17, 15) is 14.0 Å². The summed E-state index contributed by atoms with van der Waals surface area (Å²) in [7, 11) is 0. The predicted octanol–water partition coefficient (Wildman–Crippen LogP) is 3.21. The Balaban J connectivity index is 1.27. The Bertz CT molecular complexity index is 680. The Labute approximate surface area is 160 Å². The van der Waals surface area contributed by atoms with Crippen LogP contribution in [-0.2, 0) is 16.0 Å². The first-order valence-electron chi connectivity index (χ1n) is 10.3. The summed E-state index contributed by atoms with van der Waals surface area (Å²) in [5.41, 5.74) is 0.749. The number of benzene rings is 1. The minimum atomic E-state index is -0.529. The van der Waals surface area contributed by atoms with Crippen molar-refractivity contribution in [3.05, 3.63) is 35.6 Å². The van der Waals surface area contributed by atoms with E-state index in [-0.39, 0.29) is 23.0 Å². The van der Waals surface area contributed by atoms with E-state index in [0.717, 1.165) is 24.8 Å². The molecule has 0 saturated heterocycles. The lowest BCUT2D eigenvalue weighted by atomic mass is 9.49. The zero-order valence-corrected chi connectivity index (χ0v) is 16.0. The lowest BCUT2D eigenvalue weighted by molar-refractivity contribution is -0.148. The van der Waals surface area contributed by atoms with Crippen LogP contribution in [0.2, 0.25) is 0 Å². The highest BCUT2D eigenvalue weighted by molar-refractivity contribution is 5.90. The third-order valence-electron chi connectivity index (χ3n) is 6.89. The summed E-state index contributed by atoms with van der Waals surface area (Å²) >= 11 is 0. The second-order valence-electron chi connectivity index (χ2n) is 9.06. The van der Waals surface area contributed by atoms with E-state index in [0.29, 0.717) is 30.7 Å². The van der Waals surface area contributed by atoms with Crippen molar-refractivity contribution in [1.29, 1.82) is 0 Å². The first kappa shape index (κ1) is 18.5. The van der Waals surface area contributed by atoms with Crippen LogP contribution in [-0.4, -0.2) is 24.4 Å². The number of hydrogen-bond donors (Lipinski definition) is 2. The van der Waals surface area contributed by atoms with Crippen LogP contribution in [0.3, 0.4) is 0 Å². The molecule has 4 fully saturated rings. The monoisotopic (exact) mass is 372 g/mol. The molecule has 1 atom stereocenters. The molecule has 4 nitrogen and oxygen atoms in total. The van der Waals surface area contributed by atoms with Gasteiger partial charge in [-0.15, -0.1) is 0 Å². The maximum Gasteiger partial charge on any atom is 0.242 e. The van der Waals surface area contributed by atoms with Gasteiger partial charge in [-0.2, -0.15) is 0 Å². The van der Waals surface area contributed by atoms with E-state index in [1.165, 1.54) is 31.4 Å². The smallest absolute Gasteiger partial charge is 0.242 e. The van der Waals surface area contributed by atoms with Gasteiger partial charge in [0.25, 0.3) is 0 Å². The van der Waals surface area contributed by atoms with E-state index in [2.05, 4.69) is 10.6 Å². The molecule has 4 bridgehead atoms. The maximum absolute atomic E-state index is 13.0. The largest absolute Gasteiger partial charge is 0.354 e. The molecule has 27 heavy (non-hydrogen) atoms. The van der Waals surface area contributed by atoms with Crippen molar-refractivity contribution in [3.63, 3.8) is 0 Å². The number of nitrogens with one attached hydrogen (secondary N) is 2. The van der Waals surface area contributed by atoms with Crippen molar-refractivity contribution in [2.45, 2.75) is 57.9 Å². The van der Waals surface area contributed by atoms with Gasteiger partial charge < -0.3 is 10.6 Å². The second kappa shape index (κ2) is 7.25. The molecule has 146 valence electrons. The molecule has 2 N–H and O–H groups in total. The fraction of sp³-hybridized carbons (Fsp3) is 0.636. The van der Waals surface area contributed by atoms with E-state index in [4.69, 9.17) is 0 Å². The van der Waals surface area contributed by atoms with Crippen molar-refractivity contribution in [1.82, 2.24) is 10.6 Å². The van der Waals surface area contributed by atoms with Crippen molar-refractivity contribution >= 4 is 11.8 Å². The normalized spacial score (nSPS) is 32.1. The molecular formula is C22H29FN2O2. The van der Waals surface area contributed by atoms with Gasteiger partial charge in [0.2, 0.25) is 11.8 Å². The van der Waals surface area contributed by atoms with Crippen LogP contribution in [0.5, 0.6) is 0 Å². The summed E-state index contributed by atoms with van der Waals surface area (Å²) in [5.74, 6) is 1.80. The summed E-state index contributed by atoms with van der Waals surface area (Å²) in [6.45, 7) is 2.23. The molecular weight excluding hydrogens is 343 g/mol. The van der Waals surface area contributed by atoms with Gasteiger partial charge in [-0.25, -0.2) is 4.39 Å². The number of carbonyl (C=O) groups is 2. The van der Waals surface area contributed by atoms with Crippen LogP contribution in [0, 0.1) is 29.0 Å². The SMILES string of the molecule is C[C@H](NC(=O)C12CC3CC(CC(C3)C1)C2)C(=O)NCCc1ccc(F)cc1. The average molecular weight is 372 g/mol. The summed E-state index contributed by atoms with van der Waals surface area (Å²) in [6, 6.07) is 5.76. The Hall–Kier alpha value is -1.91. The molecule has 4 saturated carbocycles. The molecule has 5 heteroatoms. The van der Waals surface area contributed by atoms with Gasteiger partial charge in [-0.3, -0.25) is 9.59 Å². The van der Waals surface area contributed by atoms with Gasteiger partial charge in [-0.1, -0.05) is 12.1 Å². The van der Waals surface area contributed by atoms with Crippen LogP contribution in [0.4, 0.5) is 4.39 Å². The Morgan fingerprint density at radius 1 is 1.07 bits per heavy atom. The molecule has 0 unspecified atom stereocenters. The molecule has 5 rings (SSSR count). The molecule has 1 aromatic carbocycles. The number of halogens is 1. The minimum absolute atomic E-state index is 0.0859. The van der Waals surface area contributed by atoms with E-state index in [1.807, 2.05) is 0 Å². The molecule has 4 aliphatic carbocycles. The molecule has 4 aliphatic rings. The third kappa shape index (κ3) is 3.87. The lowest BCUT2D eigenvalue weighted by Gasteiger charge is -2.55. The van der Waals surface area contributed by atoms with Crippen LogP contribution in [0.25, 0.3) is 0 Å². The van der Waals surface area contributed by atoms with Crippen molar-refractivity contribution in [2.24, 2.45) is 23.2 Å². The zero-order valence-electron chi connectivity index (χ0n) is 16.0. The number of carbonyl (C=O) groups excluding carboxylic acids is 2. The summed E-state index contributed by atoms with van der Waals surface area (Å²) < 4.78 is 12.9. The van der Waals surface area contributed by atoms with Gasteiger partial charge in [0.05, 0.1) is 0 Å². The van der Waals surface area contributed by atoms with E-state index < -0.39 is 6.04 Å². The van der Waals surface area contributed by atoms with Gasteiger partial charge in [0, 0.05) is 12.0 Å². The standard InChI is InChI=1S/C22H29FN2O2/c1-14(20(26)24-7-6-15-2-4-19(23)5-3-15)25-21(27)22-11-16-8-17(12-22)10-18(9-16)13-22/h2-5,14,16-18H,6-13H2,1H3,(H,24,26)(H,25,27)/t14-,16?,17?,18?,22?/m0/s1. The highest BCUT2D eigenvalue weighted by atomic mass is 19.1. The topological polar surface area (TPSA) is 58.2 Å². The number of rotatable bonds is 6.